The minimum absolute atomic E-state index is 0.205. The Kier molecular flexibility index (Phi) is 4.20. The lowest BCUT2D eigenvalue weighted by Gasteiger charge is -2.15. The van der Waals surface area contributed by atoms with Gasteiger partial charge in [-0.15, -0.1) is 0 Å². The van der Waals surface area contributed by atoms with Gasteiger partial charge in [0.25, 0.3) is 0 Å². The third-order valence-corrected chi connectivity index (χ3v) is 4.94. The van der Waals surface area contributed by atoms with Crippen LogP contribution in [0.15, 0.2) is 47.4 Å². The van der Waals surface area contributed by atoms with E-state index in [0.717, 1.165) is 11.3 Å². The highest BCUT2D eigenvalue weighted by molar-refractivity contribution is 7.89. The summed E-state index contributed by atoms with van der Waals surface area (Å²) in [7, 11) is -0.480. The van der Waals surface area contributed by atoms with Crippen molar-refractivity contribution < 1.29 is 8.42 Å². The lowest BCUT2D eigenvalue weighted by molar-refractivity contribution is 0.521. The Morgan fingerprint density at radius 2 is 1.67 bits per heavy atom. The molecule has 0 saturated carbocycles. The molecule has 0 aliphatic heterocycles. The third kappa shape index (κ3) is 3.34. The maximum absolute atomic E-state index is 12.1. The van der Waals surface area contributed by atoms with Crippen molar-refractivity contribution in [3.63, 3.8) is 0 Å². The highest BCUT2D eigenvalue weighted by Gasteiger charge is 2.18. The second-order valence-electron chi connectivity index (χ2n) is 5.03. The van der Waals surface area contributed by atoms with Crippen molar-refractivity contribution >= 4 is 27.1 Å². The van der Waals surface area contributed by atoms with Crippen molar-refractivity contribution in [2.45, 2.75) is 11.8 Å². The van der Waals surface area contributed by atoms with Crippen LogP contribution in [-0.2, 0) is 10.0 Å². The van der Waals surface area contributed by atoms with E-state index in [1.165, 1.54) is 24.5 Å². The SMILES string of the molecule is Cc1ccc(Nc2cc(S(=O)(=O)N(C)C)ccc2N)cc1. The summed E-state index contributed by atoms with van der Waals surface area (Å²) in [5.74, 6) is 0. The first-order valence-electron chi connectivity index (χ1n) is 6.46. The molecule has 2 aromatic rings. The summed E-state index contributed by atoms with van der Waals surface area (Å²) in [5.41, 5.74) is 8.98. The molecule has 0 radical (unpaired) electrons. The summed E-state index contributed by atoms with van der Waals surface area (Å²) < 4.78 is 25.5. The maximum Gasteiger partial charge on any atom is 0.242 e. The van der Waals surface area contributed by atoms with Crippen LogP contribution in [-0.4, -0.2) is 26.8 Å². The Morgan fingerprint density at radius 1 is 1.05 bits per heavy atom. The number of hydrogen-bond donors (Lipinski definition) is 2. The topological polar surface area (TPSA) is 75.4 Å². The summed E-state index contributed by atoms with van der Waals surface area (Å²) in [4.78, 5) is 0.205. The largest absolute Gasteiger partial charge is 0.397 e. The monoisotopic (exact) mass is 305 g/mol. The fraction of sp³-hybridized carbons (Fsp3) is 0.200. The molecule has 0 spiro atoms. The molecule has 0 aliphatic rings. The molecule has 2 aromatic carbocycles. The van der Waals surface area contributed by atoms with Crippen LogP contribution in [0.2, 0.25) is 0 Å². The zero-order valence-corrected chi connectivity index (χ0v) is 13.1. The Labute approximate surface area is 125 Å². The van der Waals surface area contributed by atoms with E-state index < -0.39 is 10.0 Å². The Hall–Kier alpha value is -2.05. The zero-order chi connectivity index (χ0) is 15.6. The Bertz CT molecular complexity index is 738. The van der Waals surface area contributed by atoms with Crippen LogP contribution in [0.4, 0.5) is 17.1 Å². The van der Waals surface area contributed by atoms with Gasteiger partial charge >= 0.3 is 0 Å². The van der Waals surface area contributed by atoms with Crippen LogP contribution in [0.25, 0.3) is 0 Å². The second kappa shape index (κ2) is 5.75. The van der Waals surface area contributed by atoms with Crippen molar-refractivity contribution in [1.29, 1.82) is 0 Å². The summed E-state index contributed by atoms with van der Waals surface area (Å²) >= 11 is 0. The zero-order valence-electron chi connectivity index (χ0n) is 12.3. The van der Waals surface area contributed by atoms with E-state index in [-0.39, 0.29) is 4.90 Å². The highest BCUT2D eigenvalue weighted by Crippen LogP contribution is 2.27. The van der Waals surface area contributed by atoms with Gasteiger partial charge in [0.1, 0.15) is 0 Å². The second-order valence-corrected chi connectivity index (χ2v) is 7.18. The number of nitrogen functional groups attached to an aromatic ring is 1. The molecule has 5 nitrogen and oxygen atoms in total. The van der Waals surface area contributed by atoms with Gasteiger partial charge in [0.15, 0.2) is 0 Å². The van der Waals surface area contributed by atoms with E-state index in [1.54, 1.807) is 12.1 Å². The van der Waals surface area contributed by atoms with Gasteiger partial charge in [-0.05, 0) is 37.3 Å². The summed E-state index contributed by atoms with van der Waals surface area (Å²) in [5, 5.41) is 3.14. The molecular weight excluding hydrogens is 286 g/mol. The molecule has 0 aromatic heterocycles. The third-order valence-electron chi connectivity index (χ3n) is 3.13. The smallest absolute Gasteiger partial charge is 0.242 e. The van der Waals surface area contributed by atoms with E-state index in [4.69, 9.17) is 5.73 Å². The Balaban J connectivity index is 2.38. The van der Waals surface area contributed by atoms with E-state index in [1.807, 2.05) is 31.2 Å². The van der Waals surface area contributed by atoms with Crippen LogP contribution in [0, 0.1) is 6.92 Å². The number of benzene rings is 2. The molecular formula is C15H19N3O2S. The van der Waals surface area contributed by atoms with Gasteiger partial charge in [0, 0.05) is 19.8 Å². The number of rotatable bonds is 4. The lowest BCUT2D eigenvalue weighted by Crippen LogP contribution is -2.22. The maximum atomic E-state index is 12.1. The first kappa shape index (κ1) is 15.3. The molecule has 21 heavy (non-hydrogen) atoms. The van der Waals surface area contributed by atoms with Crippen LogP contribution in [0.3, 0.4) is 0 Å². The standard InChI is InChI=1S/C15H19N3O2S/c1-11-4-6-12(7-5-11)17-15-10-13(8-9-14(15)16)21(19,20)18(2)3/h4-10,17H,16H2,1-3H3. The molecule has 0 heterocycles. The van der Waals surface area contributed by atoms with E-state index in [2.05, 4.69) is 5.32 Å². The molecule has 0 saturated heterocycles. The van der Waals surface area contributed by atoms with Crippen molar-refractivity contribution in [2.24, 2.45) is 0 Å². The molecule has 3 N–H and O–H groups in total. The van der Waals surface area contributed by atoms with Crippen LogP contribution in [0.5, 0.6) is 0 Å². The quantitative estimate of drug-likeness (QED) is 0.851. The normalized spacial score (nSPS) is 11.6. The molecule has 6 heteroatoms. The molecule has 0 atom stereocenters. The van der Waals surface area contributed by atoms with E-state index in [9.17, 15) is 8.42 Å². The molecule has 112 valence electrons. The van der Waals surface area contributed by atoms with Crippen LogP contribution >= 0.6 is 0 Å². The first-order valence-corrected chi connectivity index (χ1v) is 7.90. The van der Waals surface area contributed by atoms with Crippen molar-refractivity contribution in [1.82, 2.24) is 4.31 Å². The summed E-state index contributed by atoms with van der Waals surface area (Å²) in [6.07, 6.45) is 0. The molecule has 0 bridgehead atoms. The van der Waals surface area contributed by atoms with Gasteiger partial charge in [0.05, 0.1) is 16.3 Å². The summed E-state index contributed by atoms with van der Waals surface area (Å²) in [6, 6.07) is 12.4. The van der Waals surface area contributed by atoms with E-state index >= 15 is 0 Å². The van der Waals surface area contributed by atoms with Gasteiger partial charge in [-0.2, -0.15) is 0 Å². The number of nitrogens with one attached hydrogen (secondary N) is 1. The highest BCUT2D eigenvalue weighted by atomic mass is 32.2. The fourth-order valence-corrected chi connectivity index (χ4v) is 2.74. The molecule has 0 amide bonds. The number of nitrogens with zero attached hydrogens (tertiary/aromatic N) is 1. The minimum Gasteiger partial charge on any atom is -0.397 e. The number of anilines is 3. The number of aryl methyl sites for hydroxylation is 1. The predicted octanol–water partition coefficient (Wildman–Crippen LogP) is 2.57. The number of hydrogen-bond acceptors (Lipinski definition) is 4. The van der Waals surface area contributed by atoms with Crippen LogP contribution < -0.4 is 11.1 Å². The van der Waals surface area contributed by atoms with Gasteiger partial charge < -0.3 is 11.1 Å². The van der Waals surface area contributed by atoms with Crippen molar-refractivity contribution in [2.75, 3.05) is 25.1 Å². The van der Waals surface area contributed by atoms with Gasteiger partial charge in [-0.25, -0.2) is 12.7 Å². The van der Waals surface area contributed by atoms with Crippen LogP contribution in [0.1, 0.15) is 5.56 Å². The summed E-state index contributed by atoms with van der Waals surface area (Å²) in [6.45, 7) is 2.00. The first-order chi connectivity index (χ1) is 9.80. The van der Waals surface area contributed by atoms with E-state index in [0.29, 0.717) is 11.4 Å². The molecule has 0 aliphatic carbocycles. The van der Waals surface area contributed by atoms with Crippen molar-refractivity contribution in [3.05, 3.63) is 48.0 Å². The molecule has 0 fully saturated rings. The average molecular weight is 305 g/mol. The van der Waals surface area contributed by atoms with Gasteiger partial charge in [0.2, 0.25) is 10.0 Å². The van der Waals surface area contributed by atoms with Gasteiger partial charge in [-0.1, -0.05) is 17.7 Å². The number of nitrogens with two attached hydrogens (primary N) is 1. The number of sulfonamides is 1. The van der Waals surface area contributed by atoms with Gasteiger partial charge in [-0.3, -0.25) is 0 Å². The Morgan fingerprint density at radius 3 is 2.24 bits per heavy atom. The minimum atomic E-state index is -3.48. The lowest BCUT2D eigenvalue weighted by atomic mass is 10.2. The predicted molar refractivity (Wildman–Crippen MR) is 86.2 cm³/mol. The molecule has 0 unspecified atom stereocenters. The fourth-order valence-electron chi connectivity index (χ4n) is 1.81. The molecule has 2 rings (SSSR count). The average Bonchev–Trinajstić information content (AvgIpc) is 2.43. The van der Waals surface area contributed by atoms with Crippen molar-refractivity contribution in [3.8, 4) is 0 Å².